The molecule has 19 heavy (non-hydrogen) atoms. The molecule has 1 saturated carbocycles. The number of hydrogen-bond acceptors (Lipinski definition) is 3. The van der Waals surface area contributed by atoms with Crippen LogP contribution in [-0.2, 0) is 0 Å². The summed E-state index contributed by atoms with van der Waals surface area (Å²) in [6, 6.07) is 0. The second-order valence-corrected chi connectivity index (χ2v) is 7.08. The third kappa shape index (κ3) is 4.02. The molecule has 0 aromatic rings. The molecule has 0 radical (unpaired) electrons. The molecule has 4 nitrogen and oxygen atoms in total. The minimum absolute atomic E-state index is 0.107. The molecule has 0 spiro atoms. The van der Waals surface area contributed by atoms with Crippen LogP contribution in [0.15, 0.2) is 4.99 Å². The Morgan fingerprint density at radius 1 is 1.47 bits per heavy atom. The number of aliphatic hydroxyl groups is 1. The quantitative estimate of drug-likeness (QED) is 0.594. The molecule has 0 bridgehead atoms. The Morgan fingerprint density at radius 3 is 2.84 bits per heavy atom. The lowest BCUT2D eigenvalue weighted by atomic mass is 10.1. The molecular formula is C14H27N3OS. The van der Waals surface area contributed by atoms with Crippen molar-refractivity contribution in [1.82, 2.24) is 10.2 Å². The van der Waals surface area contributed by atoms with Crippen molar-refractivity contribution in [2.45, 2.75) is 38.4 Å². The first-order chi connectivity index (χ1) is 9.23. The van der Waals surface area contributed by atoms with E-state index in [-0.39, 0.29) is 12.0 Å². The Morgan fingerprint density at radius 2 is 2.26 bits per heavy atom. The first kappa shape index (κ1) is 15.0. The van der Waals surface area contributed by atoms with Crippen LogP contribution >= 0.6 is 11.8 Å². The van der Waals surface area contributed by atoms with E-state index in [2.05, 4.69) is 35.8 Å². The van der Waals surface area contributed by atoms with Crippen molar-refractivity contribution in [3.05, 3.63) is 0 Å². The van der Waals surface area contributed by atoms with E-state index in [1.807, 2.05) is 0 Å². The summed E-state index contributed by atoms with van der Waals surface area (Å²) in [5, 5.41) is 13.5. The Labute approximate surface area is 121 Å². The van der Waals surface area contributed by atoms with Crippen molar-refractivity contribution in [3.8, 4) is 0 Å². The fourth-order valence-electron chi connectivity index (χ4n) is 2.37. The first-order valence-electron chi connectivity index (χ1n) is 7.48. The van der Waals surface area contributed by atoms with Crippen LogP contribution in [0.5, 0.6) is 0 Å². The number of guanidine groups is 1. The molecule has 1 unspecified atom stereocenters. The Hall–Kier alpha value is -0.420. The second-order valence-electron chi connectivity index (χ2n) is 5.68. The number of rotatable bonds is 5. The van der Waals surface area contributed by atoms with Gasteiger partial charge in [-0.1, -0.05) is 6.92 Å². The summed E-state index contributed by atoms with van der Waals surface area (Å²) in [5.74, 6) is 2.23. The van der Waals surface area contributed by atoms with Crippen LogP contribution in [0.25, 0.3) is 0 Å². The zero-order chi connectivity index (χ0) is 13.7. The molecule has 0 amide bonds. The zero-order valence-corrected chi connectivity index (χ0v) is 13.0. The van der Waals surface area contributed by atoms with Crippen LogP contribution < -0.4 is 5.32 Å². The molecule has 1 saturated heterocycles. The normalized spacial score (nSPS) is 26.4. The summed E-state index contributed by atoms with van der Waals surface area (Å²) in [5.41, 5.74) is 0.107. The number of aliphatic imine (C=N–C) groups is 1. The van der Waals surface area contributed by atoms with Gasteiger partial charge in [0.25, 0.3) is 0 Å². The van der Waals surface area contributed by atoms with Crippen molar-refractivity contribution in [3.63, 3.8) is 0 Å². The maximum Gasteiger partial charge on any atom is 0.193 e. The summed E-state index contributed by atoms with van der Waals surface area (Å²) in [7, 11) is 0. The van der Waals surface area contributed by atoms with E-state index in [1.165, 1.54) is 12.2 Å². The third-order valence-electron chi connectivity index (χ3n) is 4.09. The van der Waals surface area contributed by atoms with Gasteiger partial charge in [-0.2, -0.15) is 11.8 Å². The van der Waals surface area contributed by atoms with Gasteiger partial charge in [0.2, 0.25) is 0 Å². The van der Waals surface area contributed by atoms with Gasteiger partial charge in [-0.05, 0) is 26.2 Å². The highest BCUT2D eigenvalue weighted by Gasteiger charge is 2.42. The molecule has 1 heterocycles. The maximum atomic E-state index is 9.38. The summed E-state index contributed by atoms with van der Waals surface area (Å²) in [6.07, 6.45) is 3.47. The molecule has 1 aliphatic heterocycles. The van der Waals surface area contributed by atoms with Gasteiger partial charge >= 0.3 is 0 Å². The maximum absolute atomic E-state index is 9.38. The summed E-state index contributed by atoms with van der Waals surface area (Å²) in [6.45, 7) is 8.51. The third-order valence-corrected chi connectivity index (χ3v) is 5.46. The van der Waals surface area contributed by atoms with Gasteiger partial charge in [0.1, 0.15) is 0 Å². The van der Waals surface area contributed by atoms with Gasteiger partial charge in [-0.15, -0.1) is 0 Å². The van der Waals surface area contributed by atoms with Gasteiger partial charge in [0.05, 0.1) is 13.2 Å². The van der Waals surface area contributed by atoms with Crippen LogP contribution in [-0.4, -0.2) is 59.8 Å². The monoisotopic (exact) mass is 285 g/mol. The lowest BCUT2D eigenvalue weighted by molar-refractivity contribution is 0.216. The van der Waals surface area contributed by atoms with E-state index in [1.54, 1.807) is 0 Å². The Kier molecular flexibility index (Phi) is 5.39. The smallest absolute Gasteiger partial charge is 0.193 e. The average molecular weight is 285 g/mol. The summed E-state index contributed by atoms with van der Waals surface area (Å²) >= 11 is 2.08. The molecule has 0 aromatic heterocycles. The Balaban J connectivity index is 1.96. The van der Waals surface area contributed by atoms with E-state index in [4.69, 9.17) is 4.99 Å². The van der Waals surface area contributed by atoms with Crippen molar-refractivity contribution in [2.75, 3.05) is 38.5 Å². The lowest BCUT2D eigenvalue weighted by Crippen LogP contribution is -2.48. The van der Waals surface area contributed by atoms with Crippen LogP contribution in [0.3, 0.4) is 0 Å². The van der Waals surface area contributed by atoms with Gasteiger partial charge < -0.3 is 15.3 Å². The van der Waals surface area contributed by atoms with E-state index < -0.39 is 0 Å². The van der Waals surface area contributed by atoms with E-state index in [9.17, 15) is 5.11 Å². The van der Waals surface area contributed by atoms with Crippen molar-refractivity contribution < 1.29 is 5.11 Å². The molecule has 2 fully saturated rings. The fourth-order valence-corrected chi connectivity index (χ4v) is 3.55. The van der Waals surface area contributed by atoms with E-state index in [0.29, 0.717) is 0 Å². The number of aliphatic hydroxyl groups excluding tert-OH is 1. The lowest BCUT2D eigenvalue weighted by Gasteiger charge is -2.34. The number of nitrogens with one attached hydrogen (secondary N) is 1. The number of nitrogens with zero attached hydrogens (tertiary/aromatic N) is 2. The number of hydrogen-bond donors (Lipinski definition) is 2. The zero-order valence-electron chi connectivity index (χ0n) is 12.2. The standard InChI is InChI=1S/C14H27N3OS/c1-3-12-9-17(7-8-19-12)13(15-4-2)16-10-14(11-18)5-6-14/h12,18H,3-11H2,1-2H3,(H,15,16). The minimum atomic E-state index is 0.107. The van der Waals surface area contributed by atoms with E-state index >= 15 is 0 Å². The minimum Gasteiger partial charge on any atom is -0.396 e. The predicted molar refractivity (Wildman–Crippen MR) is 82.8 cm³/mol. The second kappa shape index (κ2) is 6.84. The van der Waals surface area contributed by atoms with Crippen LogP contribution in [0, 0.1) is 5.41 Å². The van der Waals surface area contributed by atoms with Gasteiger partial charge in [0.15, 0.2) is 5.96 Å². The fraction of sp³-hybridized carbons (Fsp3) is 0.929. The molecule has 2 N–H and O–H groups in total. The van der Waals surface area contributed by atoms with E-state index in [0.717, 1.165) is 50.2 Å². The van der Waals surface area contributed by atoms with Crippen molar-refractivity contribution in [2.24, 2.45) is 10.4 Å². The average Bonchev–Trinajstić information content (AvgIpc) is 3.24. The first-order valence-corrected chi connectivity index (χ1v) is 8.53. The van der Waals surface area contributed by atoms with Crippen LogP contribution in [0.4, 0.5) is 0 Å². The molecule has 2 aliphatic rings. The SMILES string of the molecule is CCNC(=NCC1(CO)CC1)N1CCSC(CC)C1. The molecular weight excluding hydrogens is 258 g/mol. The topological polar surface area (TPSA) is 47.9 Å². The van der Waals surface area contributed by atoms with Crippen LogP contribution in [0.2, 0.25) is 0 Å². The Bertz CT molecular complexity index is 318. The summed E-state index contributed by atoms with van der Waals surface area (Å²) in [4.78, 5) is 7.16. The largest absolute Gasteiger partial charge is 0.396 e. The van der Waals surface area contributed by atoms with Gasteiger partial charge in [-0.3, -0.25) is 4.99 Å². The van der Waals surface area contributed by atoms with Crippen molar-refractivity contribution >= 4 is 17.7 Å². The highest BCUT2D eigenvalue weighted by molar-refractivity contribution is 8.00. The highest BCUT2D eigenvalue weighted by Crippen LogP contribution is 2.45. The molecule has 1 aliphatic carbocycles. The van der Waals surface area contributed by atoms with Gasteiger partial charge in [-0.25, -0.2) is 0 Å². The molecule has 110 valence electrons. The molecule has 0 aromatic carbocycles. The predicted octanol–water partition coefficient (Wildman–Crippen LogP) is 1.55. The highest BCUT2D eigenvalue weighted by atomic mass is 32.2. The number of thioether (sulfide) groups is 1. The van der Waals surface area contributed by atoms with Gasteiger partial charge in [0, 0.05) is 36.1 Å². The molecule has 1 atom stereocenters. The van der Waals surface area contributed by atoms with Crippen molar-refractivity contribution in [1.29, 1.82) is 0 Å². The molecule has 5 heteroatoms. The molecule has 2 rings (SSSR count). The van der Waals surface area contributed by atoms with Crippen LogP contribution in [0.1, 0.15) is 33.1 Å². The summed E-state index contributed by atoms with van der Waals surface area (Å²) < 4.78 is 0.